The molecule has 1 aromatic carbocycles. The van der Waals surface area contributed by atoms with Crippen LogP contribution in [0.15, 0.2) is 21.5 Å². The second-order valence-electron chi connectivity index (χ2n) is 5.32. The predicted octanol–water partition coefficient (Wildman–Crippen LogP) is 2.12. The molecule has 0 fully saturated rings. The molecule has 0 aliphatic heterocycles. The highest BCUT2D eigenvalue weighted by Gasteiger charge is 2.25. The highest BCUT2D eigenvalue weighted by molar-refractivity contribution is 9.10. The van der Waals surface area contributed by atoms with Gasteiger partial charge in [-0.15, -0.1) is 0 Å². The van der Waals surface area contributed by atoms with Gasteiger partial charge in [-0.2, -0.15) is 0 Å². The van der Waals surface area contributed by atoms with Gasteiger partial charge < -0.3 is 15.2 Å². The number of rotatable bonds is 8. The third-order valence-electron chi connectivity index (χ3n) is 3.09. The fourth-order valence-corrected chi connectivity index (χ4v) is 4.18. The monoisotopic (exact) mass is 394 g/mol. The molecule has 1 unspecified atom stereocenters. The summed E-state index contributed by atoms with van der Waals surface area (Å²) in [5.41, 5.74) is 5.66. The Morgan fingerprint density at radius 3 is 2.27 bits per heavy atom. The summed E-state index contributed by atoms with van der Waals surface area (Å²) in [4.78, 5) is 0.0462. The van der Waals surface area contributed by atoms with Crippen LogP contribution in [-0.4, -0.2) is 35.2 Å². The lowest BCUT2D eigenvalue weighted by molar-refractivity contribution is 0.384. The quantitative estimate of drug-likeness (QED) is 0.704. The van der Waals surface area contributed by atoms with E-state index in [1.54, 1.807) is 0 Å². The van der Waals surface area contributed by atoms with E-state index in [4.69, 9.17) is 15.2 Å². The lowest BCUT2D eigenvalue weighted by Gasteiger charge is -2.20. The zero-order valence-corrected chi connectivity index (χ0v) is 15.6. The number of nitrogens with two attached hydrogens (primary N) is 1. The molecule has 0 aliphatic rings. The molecule has 0 radical (unpaired) electrons. The van der Waals surface area contributed by atoms with Crippen molar-refractivity contribution in [2.75, 3.05) is 20.8 Å². The van der Waals surface area contributed by atoms with Gasteiger partial charge in [-0.25, -0.2) is 13.1 Å². The van der Waals surface area contributed by atoms with Crippen molar-refractivity contribution in [2.24, 2.45) is 11.7 Å². The van der Waals surface area contributed by atoms with Gasteiger partial charge in [0.1, 0.15) is 16.4 Å². The minimum atomic E-state index is -3.75. The summed E-state index contributed by atoms with van der Waals surface area (Å²) >= 11 is 3.29. The molecule has 8 heteroatoms. The molecule has 0 bridgehead atoms. The van der Waals surface area contributed by atoms with Crippen LogP contribution in [0.1, 0.15) is 20.3 Å². The first kappa shape index (κ1) is 19.2. The molecule has 0 heterocycles. The maximum Gasteiger partial charge on any atom is 0.244 e. The fourth-order valence-electron chi connectivity index (χ4n) is 2.09. The molecule has 1 rings (SSSR count). The second-order valence-corrected chi connectivity index (χ2v) is 7.86. The molecule has 1 aromatic rings. The smallest absolute Gasteiger partial charge is 0.244 e. The van der Waals surface area contributed by atoms with E-state index < -0.39 is 10.0 Å². The molecule has 0 aromatic heterocycles. The Kier molecular flexibility index (Phi) is 7.11. The zero-order valence-electron chi connectivity index (χ0n) is 13.2. The molecule has 0 amide bonds. The summed E-state index contributed by atoms with van der Waals surface area (Å²) in [5.74, 6) is 1.04. The number of halogens is 1. The standard InChI is InChI=1S/C14H23BrN2O4S/c1-9(2)5-10(8-16)17-22(18,19)14-6-11(15)12(20-3)7-13(14)21-4/h6-7,9-10,17H,5,8,16H2,1-4H3. The SMILES string of the molecule is COc1cc(OC)c(S(=O)(=O)NC(CN)CC(C)C)cc1Br. The van der Waals surface area contributed by atoms with Crippen LogP contribution in [0.2, 0.25) is 0 Å². The van der Waals surface area contributed by atoms with Crippen LogP contribution in [-0.2, 0) is 10.0 Å². The van der Waals surface area contributed by atoms with Gasteiger partial charge in [-0.05, 0) is 34.3 Å². The third-order valence-corrected chi connectivity index (χ3v) is 5.25. The predicted molar refractivity (Wildman–Crippen MR) is 89.9 cm³/mol. The van der Waals surface area contributed by atoms with E-state index in [9.17, 15) is 8.42 Å². The van der Waals surface area contributed by atoms with E-state index in [1.165, 1.54) is 26.4 Å². The molecule has 0 saturated carbocycles. The van der Waals surface area contributed by atoms with Gasteiger partial charge in [-0.1, -0.05) is 13.8 Å². The largest absolute Gasteiger partial charge is 0.495 e. The molecular weight excluding hydrogens is 372 g/mol. The third kappa shape index (κ3) is 4.84. The zero-order chi connectivity index (χ0) is 16.9. The van der Waals surface area contributed by atoms with Crippen molar-refractivity contribution in [3.63, 3.8) is 0 Å². The van der Waals surface area contributed by atoms with Crippen molar-refractivity contribution in [1.29, 1.82) is 0 Å². The van der Waals surface area contributed by atoms with Crippen LogP contribution < -0.4 is 19.9 Å². The van der Waals surface area contributed by atoms with Gasteiger partial charge in [0, 0.05) is 18.7 Å². The topological polar surface area (TPSA) is 90.6 Å². The van der Waals surface area contributed by atoms with Gasteiger partial charge in [0.15, 0.2) is 0 Å². The molecule has 1 atom stereocenters. The summed E-state index contributed by atoms with van der Waals surface area (Å²) in [6, 6.07) is 2.66. The Balaban J connectivity index is 3.19. The number of nitrogens with one attached hydrogen (secondary N) is 1. The first-order valence-corrected chi connectivity index (χ1v) is 9.16. The lowest BCUT2D eigenvalue weighted by Crippen LogP contribution is -2.41. The normalized spacial score (nSPS) is 13.2. The van der Waals surface area contributed by atoms with Crippen molar-refractivity contribution in [1.82, 2.24) is 4.72 Å². The molecule has 126 valence electrons. The molecule has 22 heavy (non-hydrogen) atoms. The Labute approximate surface area is 140 Å². The van der Waals surface area contributed by atoms with Crippen LogP contribution in [0.3, 0.4) is 0 Å². The van der Waals surface area contributed by atoms with Gasteiger partial charge in [0.25, 0.3) is 0 Å². The van der Waals surface area contributed by atoms with Gasteiger partial charge in [0.05, 0.1) is 18.7 Å². The number of hydrogen-bond donors (Lipinski definition) is 2. The van der Waals surface area contributed by atoms with Crippen molar-refractivity contribution in [3.8, 4) is 11.5 Å². The van der Waals surface area contributed by atoms with Gasteiger partial charge in [-0.3, -0.25) is 0 Å². The Morgan fingerprint density at radius 2 is 1.82 bits per heavy atom. The Morgan fingerprint density at radius 1 is 1.23 bits per heavy atom. The minimum absolute atomic E-state index is 0.0462. The summed E-state index contributed by atoms with van der Waals surface area (Å²) in [7, 11) is -0.836. The Bertz CT molecular complexity index is 605. The Hall–Kier alpha value is -0.830. The van der Waals surface area contributed by atoms with Crippen LogP contribution >= 0.6 is 15.9 Å². The van der Waals surface area contributed by atoms with E-state index in [0.717, 1.165) is 0 Å². The maximum atomic E-state index is 12.6. The molecule has 0 saturated heterocycles. The second kappa shape index (κ2) is 8.14. The van der Waals surface area contributed by atoms with E-state index in [-0.39, 0.29) is 23.2 Å². The summed E-state index contributed by atoms with van der Waals surface area (Å²) in [6.07, 6.45) is 0.662. The molecular formula is C14H23BrN2O4S. The van der Waals surface area contributed by atoms with Crippen LogP contribution in [0.5, 0.6) is 11.5 Å². The van der Waals surface area contributed by atoms with E-state index >= 15 is 0 Å². The summed E-state index contributed by atoms with van der Waals surface area (Å²) in [5, 5.41) is 0. The molecule has 0 spiro atoms. The van der Waals surface area contributed by atoms with E-state index in [1.807, 2.05) is 13.8 Å². The van der Waals surface area contributed by atoms with Crippen molar-refractivity contribution >= 4 is 26.0 Å². The summed E-state index contributed by atoms with van der Waals surface area (Å²) in [6.45, 7) is 4.26. The number of sulfonamides is 1. The number of methoxy groups -OCH3 is 2. The van der Waals surface area contributed by atoms with Crippen LogP contribution in [0, 0.1) is 5.92 Å². The first-order valence-electron chi connectivity index (χ1n) is 6.89. The minimum Gasteiger partial charge on any atom is -0.495 e. The molecule has 3 N–H and O–H groups in total. The average molecular weight is 395 g/mol. The first-order chi connectivity index (χ1) is 10.2. The van der Waals surface area contributed by atoms with Gasteiger partial charge >= 0.3 is 0 Å². The van der Waals surface area contributed by atoms with E-state index in [2.05, 4.69) is 20.7 Å². The maximum absolute atomic E-state index is 12.6. The van der Waals surface area contributed by atoms with Crippen molar-refractivity contribution in [2.45, 2.75) is 31.2 Å². The van der Waals surface area contributed by atoms with E-state index in [0.29, 0.717) is 22.6 Å². The number of hydrogen-bond acceptors (Lipinski definition) is 5. The van der Waals surface area contributed by atoms with Crippen LogP contribution in [0.25, 0.3) is 0 Å². The lowest BCUT2D eigenvalue weighted by atomic mass is 10.1. The average Bonchev–Trinajstić information content (AvgIpc) is 2.45. The van der Waals surface area contributed by atoms with Crippen molar-refractivity contribution in [3.05, 3.63) is 16.6 Å². The number of benzene rings is 1. The molecule has 0 aliphatic carbocycles. The summed E-state index contributed by atoms with van der Waals surface area (Å²) < 4.78 is 38.7. The highest BCUT2D eigenvalue weighted by atomic mass is 79.9. The fraction of sp³-hybridized carbons (Fsp3) is 0.571. The highest BCUT2D eigenvalue weighted by Crippen LogP contribution is 2.35. The van der Waals surface area contributed by atoms with Crippen LogP contribution in [0.4, 0.5) is 0 Å². The number of ether oxygens (including phenoxy) is 2. The molecule has 6 nitrogen and oxygen atoms in total. The van der Waals surface area contributed by atoms with Crippen molar-refractivity contribution < 1.29 is 17.9 Å². The van der Waals surface area contributed by atoms with Gasteiger partial charge in [0.2, 0.25) is 10.0 Å².